The molecule has 0 bridgehead atoms. The molecule has 0 fully saturated rings. The summed E-state index contributed by atoms with van der Waals surface area (Å²) < 4.78 is 0. The largest absolute Gasteiger partial charge is 0.210 e. The van der Waals surface area contributed by atoms with E-state index in [4.69, 9.17) is 0 Å². The van der Waals surface area contributed by atoms with Crippen LogP contribution in [0.4, 0.5) is 0 Å². The molecule has 0 amide bonds. The van der Waals surface area contributed by atoms with Gasteiger partial charge in [-0.1, -0.05) is 17.8 Å². The van der Waals surface area contributed by atoms with Crippen molar-refractivity contribution >= 4 is 70.6 Å². The molecule has 3 nitrogen and oxygen atoms in total. The molecule has 0 aliphatic carbocycles. The van der Waals surface area contributed by atoms with E-state index in [0.29, 0.717) is 17.5 Å². The van der Waals surface area contributed by atoms with Crippen LogP contribution < -0.4 is 0 Å². The predicted molar refractivity (Wildman–Crippen MR) is 188 cm³/mol. The predicted octanol–water partition coefficient (Wildman–Crippen LogP) is 8.40. The summed E-state index contributed by atoms with van der Waals surface area (Å²) in [5.74, 6) is 20.0. The third-order valence-electron chi connectivity index (χ3n) is 5.74. The monoisotopic (exact) mass is 657 g/mol. The molecule has 210 valence electrons. The second-order valence-electron chi connectivity index (χ2n) is 8.27. The smallest absolute Gasteiger partial charge is 0.193 e. The van der Waals surface area contributed by atoms with E-state index in [1.165, 1.54) is 29.4 Å². The Bertz CT molecular complexity index is 1560. The number of rotatable bonds is 6. The summed E-state index contributed by atoms with van der Waals surface area (Å²) in [6.45, 7) is 0. The standard InChI is InChI=1S/C33H27N3S6/c1-37-25-13-7-22(19-28(25)40-4)10-16-31-34-32(17-11-23-8-14-26(38-2)29(20-23)41-5)36-33(35-31)18-12-24-9-15-27(39-3)30(21-24)42-6/h7-9,13-15,19-21H,1-6H3. The molecule has 4 aromatic rings. The fourth-order valence-corrected chi connectivity index (χ4v) is 8.10. The molecule has 0 aliphatic heterocycles. The normalized spacial score (nSPS) is 10.1. The van der Waals surface area contributed by atoms with Crippen LogP contribution >= 0.6 is 70.6 Å². The van der Waals surface area contributed by atoms with Gasteiger partial charge < -0.3 is 0 Å². The number of hydrogen-bond acceptors (Lipinski definition) is 9. The Hall–Kier alpha value is -2.55. The quantitative estimate of drug-likeness (QED) is 0.150. The molecule has 42 heavy (non-hydrogen) atoms. The van der Waals surface area contributed by atoms with E-state index in [-0.39, 0.29) is 0 Å². The Morgan fingerprint density at radius 1 is 0.357 bits per heavy atom. The van der Waals surface area contributed by atoms with Crippen molar-refractivity contribution in [3.8, 4) is 35.5 Å². The molecule has 1 heterocycles. The first-order valence-corrected chi connectivity index (χ1v) is 19.8. The number of benzene rings is 3. The van der Waals surface area contributed by atoms with Crippen molar-refractivity contribution in [3.63, 3.8) is 0 Å². The van der Waals surface area contributed by atoms with Crippen molar-refractivity contribution in [2.24, 2.45) is 0 Å². The van der Waals surface area contributed by atoms with E-state index in [2.05, 4.69) is 124 Å². The highest BCUT2D eigenvalue weighted by atomic mass is 32.2. The molecule has 1 aromatic heterocycles. The first-order valence-electron chi connectivity index (χ1n) is 12.5. The molecule has 0 spiro atoms. The van der Waals surface area contributed by atoms with Gasteiger partial charge in [-0.05, 0) is 110 Å². The summed E-state index contributed by atoms with van der Waals surface area (Å²) >= 11 is 10.3. The van der Waals surface area contributed by atoms with Gasteiger partial charge in [-0.25, -0.2) is 0 Å². The van der Waals surface area contributed by atoms with Gasteiger partial charge in [-0.2, -0.15) is 15.0 Å². The highest BCUT2D eigenvalue weighted by molar-refractivity contribution is 8.02. The Morgan fingerprint density at radius 3 is 0.857 bits per heavy atom. The SMILES string of the molecule is CSc1ccc(C#Cc2nc(C#Cc3ccc(SC)c(SC)c3)nc(C#Cc3ccc(SC)c(SC)c3)n2)cc1SC. The van der Waals surface area contributed by atoms with Crippen LogP contribution in [0.2, 0.25) is 0 Å². The summed E-state index contributed by atoms with van der Waals surface area (Å²) in [5.41, 5.74) is 2.69. The number of aromatic nitrogens is 3. The molecule has 4 rings (SSSR count). The van der Waals surface area contributed by atoms with Crippen molar-refractivity contribution in [2.75, 3.05) is 37.5 Å². The van der Waals surface area contributed by atoms with Crippen LogP contribution in [0, 0.1) is 35.5 Å². The molecule has 0 saturated carbocycles. The molecule has 9 heteroatoms. The maximum absolute atomic E-state index is 4.56. The average Bonchev–Trinajstić information content (AvgIpc) is 3.04. The zero-order valence-corrected chi connectivity index (χ0v) is 28.9. The number of nitrogens with zero attached hydrogens (tertiary/aromatic N) is 3. The summed E-state index contributed by atoms with van der Waals surface area (Å²) in [5, 5.41) is 0. The molecular weight excluding hydrogens is 631 g/mol. The first kappa shape index (κ1) is 32.4. The number of hydrogen-bond donors (Lipinski definition) is 0. The van der Waals surface area contributed by atoms with Crippen LogP contribution in [0.3, 0.4) is 0 Å². The molecule has 0 N–H and O–H groups in total. The van der Waals surface area contributed by atoms with E-state index in [1.807, 2.05) is 18.2 Å². The van der Waals surface area contributed by atoms with E-state index >= 15 is 0 Å². The van der Waals surface area contributed by atoms with Gasteiger partial charge >= 0.3 is 0 Å². The van der Waals surface area contributed by atoms with Crippen LogP contribution in [0.15, 0.2) is 84.0 Å². The van der Waals surface area contributed by atoms with Gasteiger partial charge in [0, 0.05) is 46.1 Å². The van der Waals surface area contributed by atoms with Crippen molar-refractivity contribution in [2.45, 2.75) is 29.4 Å². The van der Waals surface area contributed by atoms with Crippen molar-refractivity contribution in [1.29, 1.82) is 0 Å². The van der Waals surface area contributed by atoms with Crippen LogP contribution in [-0.4, -0.2) is 52.5 Å². The summed E-state index contributed by atoms with van der Waals surface area (Å²) in [4.78, 5) is 20.9. The van der Waals surface area contributed by atoms with Gasteiger partial charge in [-0.15, -0.1) is 70.6 Å². The second-order valence-corrected chi connectivity index (χ2v) is 13.4. The zero-order chi connectivity index (χ0) is 29.9. The van der Waals surface area contributed by atoms with Crippen molar-refractivity contribution < 1.29 is 0 Å². The summed E-state index contributed by atoms with van der Waals surface area (Å²) in [6, 6.07) is 18.6. The topological polar surface area (TPSA) is 38.7 Å². The molecule has 0 saturated heterocycles. The van der Waals surface area contributed by atoms with E-state index in [9.17, 15) is 0 Å². The molecule has 0 atom stereocenters. The Morgan fingerprint density at radius 2 is 0.619 bits per heavy atom. The van der Waals surface area contributed by atoms with Crippen molar-refractivity contribution in [1.82, 2.24) is 15.0 Å². The first-order chi connectivity index (χ1) is 20.5. The second kappa shape index (κ2) is 16.3. The molecule has 0 radical (unpaired) electrons. The van der Waals surface area contributed by atoms with Gasteiger partial charge in [0.05, 0.1) is 0 Å². The van der Waals surface area contributed by atoms with E-state index in [0.717, 1.165) is 16.7 Å². The average molecular weight is 658 g/mol. The minimum absolute atomic E-state index is 0.336. The van der Waals surface area contributed by atoms with E-state index in [1.54, 1.807) is 70.6 Å². The summed E-state index contributed by atoms with van der Waals surface area (Å²) in [6.07, 6.45) is 12.4. The third kappa shape index (κ3) is 8.74. The highest BCUT2D eigenvalue weighted by Gasteiger charge is 2.06. The maximum Gasteiger partial charge on any atom is 0.210 e. The van der Waals surface area contributed by atoms with Crippen LogP contribution in [0.25, 0.3) is 0 Å². The fraction of sp³-hybridized carbons (Fsp3) is 0.182. The maximum atomic E-state index is 4.56. The van der Waals surface area contributed by atoms with E-state index < -0.39 is 0 Å². The fourth-order valence-electron chi connectivity index (χ4n) is 3.67. The summed E-state index contributed by atoms with van der Waals surface area (Å²) in [7, 11) is 0. The minimum atomic E-state index is 0.336. The minimum Gasteiger partial charge on any atom is -0.193 e. The molecular formula is C33H27N3S6. The lowest BCUT2D eigenvalue weighted by molar-refractivity contribution is 0.976. The van der Waals surface area contributed by atoms with Crippen molar-refractivity contribution in [3.05, 3.63) is 88.8 Å². The zero-order valence-electron chi connectivity index (χ0n) is 24.0. The van der Waals surface area contributed by atoms with Crippen LogP contribution in [0.5, 0.6) is 0 Å². The Kier molecular flexibility index (Phi) is 12.6. The lowest BCUT2D eigenvalue weighted by Crippen LogP contribution is -2.01. The van der Waals surface area contributed by atoms with Crippen LogP contribution in [-0.2, 0) is 0 Å². The molecule has 0 aliphatic rings. The van der Waals surface area contributed by atoms with Gasteiger partial charge in [0.25, 0.3) is 0 Å². The molecule has 3 aromatic carbocycles. The molecule has 0 unspecified atom stereocenters. The van der Waals surface area contributed by atoms with Gasteiger partial charge in [0.15, 0.2) is 0 Å². The lowest BCUT2D eigenvalue weighted by Gasteiger charge is -2.04. The van der Waals surface area contributed by atoms with Gasteiger partial charge in [0.1, 0.15) is 0 Å². The van der Waals surface area contributed by atoms with Gasteiger partial charge in [0.2, 0.25) is 17.5 Å². The number of thioether (sulfide) groups is 6. The Labute approximate surface area is 274 Å². The third-order valence-corrected chi connectivity index (χ3v) is 10.8. The van der Waals surface area contributed by atoms with Crippen LogP contribution in [0.1, 0.15) is 34.2 Å². The Balaban J connectivity index is 1.75. The lowest BCUT2D eigenvalue weighted by atomic mass is 10.2. The van der Waals surface area contributed by atoms with Gasteiger partial charge in [-0.3, -0.25) is 0 Å². The highest BCUT2D eigenvalue weighted by Crippen LogP contribution is 2.30.